The van der Waals surface area contributed by atoms with E-state index in [9.17, 15) is 14.9 Å². The molecule has 24 heavy (non-hydrogen) atoms. The van der Waals surface area contributed by atoms with Gasteiger partial charge in [0.15, 0.2) is 11.6 Å². The summed E-state index contributed by atoms with van der Waals surface area (Å²) in [5.41, 5.74) is -0.250. The summed E-state index contributed by atoms with van der Waals surface area (Å²) in [5, 5.41) is 13.8. The quantitative estimate of drug-likeness (QED) is 0.734. The first-order chi connectivity index (χ1) is 10.9. The zero-order valence-electron chi connectivity index (χ0n) is 15.1. The first-order valence-electron chi connectivity index (χ1n) is 8.24. The Labute approximate surface area is 142 Å². The molecule has 0 aliphatic heterocycles. The van der Waals surface area contributed by atoms with E-state index in [1.165, 1.54) is 0 Å². The van der Waals surface area contributed by atoms with E-state index in [1.54, 1.807) is 12.3 Å². The number of ketones is 2. The number of nitriles is 1. The Hall–Kier alpha value is -2.22. The van der Waals surface area contributed by atoms with E-state index in [1.807, 2.05) is 52.3 Å². The van der Waals surface area contributed by atoms with Crippen LogP contribution in [0.5, 0.6) is 0 Å². The highest BCUT2D eigenvalue weighted by atomic mass is 16.1. The average molecular weight is 325 g/mol. The molecule has 0 N–H and O–H groups in total. The maximum absolute atomic E-state index is 13.3. The standard InChI is InChI=1S/C19H23N3O2/c1-17(2,3)22-13-7-14-18(4,5)15(23)11(9-20)8-19(14,6)16(24)12(13)10-21-22/h8,10,14H,7H2,1-6H3/t14-,19-/m0/s1. The van der Waals surface area contributed by atoms with E-state index in [-0.39, 0.29) is 28.6 Å². The van der Waals surface area contributed by atoms with E-state index >= 15 is 0 Å². The predicted octanol–water partition coefficient (Wildman–Crippen LogP) is 3.06. The van der Waals surface area contributed by atoms with Crippen molar-refractivity contribution in [3.63, 3.8) is 0 Å². The van der Waals surface area contributed by atoms with Crippen molar-refractivity contribution in [2.75, 3.05) is 0 Å². The summed E-state index contributed by atoms with van der Waals surface area (Å²) in [5.74, 6) is -0.407. The lowest BCUT2D eigenvalue weighted by atomic mass is 9.52. The fourth-order valence-electron chi connectivity index (χ4n) is 4.32. The third kappa shape index (κ3) is 1.95. The maximum Gasteiger partial charge on any atom is 0.178 e. The summed E-state index contributed by atoms with van der Waals surface area (Å²) >= 11 is 0. The molecule has 0 saturated carbocycles. The lowest BCUT2D eigenvalue weighted by Gasteiger charge is -2.49. The van der Waals surface area contributed by atoms with Gasteiger partial charge in [-0.3, -0.25) is 14.3 Å². The number of rotatable bonds is 0. The number of fused-ring (bicyclic) bond motifs is 2. The third-order valence-electron chi connectivity index (χ3n) is 5.63. The molecule has 0 spiro atoms. The fraction of sp³-hybridized carbons (Fsp3) is 0.579. The fourth-order valence-corrected chi connectivity index (χ4v) is 4.32. The predicted molar refractivity (Wildman–Crippen MR) is 89.3 cm³/mol. The van der Waals surface area contributed by atoms with Crippen molar-refractivity contribution in [2.24, 2.45) is 16.7 Å². The second kappa shape index (κ2) is 4.66. The van der Waals surface area contributed by atoms with Crippen molar-refractivity contribution in [1.82, 2.24) is 9.78 Å². The molecule has 2 atom stereocenters. The van der Waals surface area contributed by atoms with Crippen molar-refractivity contribution in [1.29, 1.82) is 5.26 Å². The van der Waals surface area contributed by atoms with E-state index in [2.05, 4.69) is 5.10 Å². The Morgan fingerprint density at radius 1 is 1.25 bits per heavy atom. The largest absolute Gasteiger partial charge is 0.293 e. The van der Waals surface area contributed by atoms with Gasteiger partial charge >= 0.3 is 0 Å². The summed E-state index contributed by atoms with van der Waals surface area (Å²) in [7, 11) is 0. The zero-order valence-corrected chi connectivity index (χ0v) is 15.1. The molecule has 3 rings (SSSR count). The molecule has 0 radical (unpaired) electrons. The van der Waals surface area contributed by atoms with Crippen molar-refractivity contribution < 1.29 is 9.59 Å². The van der Waals surface area contributed by atoms with E-state index in [0.717, 1.165) is 5.69 Å². The van der Waals surface area contributed by atoms with Crippen LogP contribution in [0.4, 0.5) is 0 Å². The van der Waals surface area contributed by atoms with Crippen molar-refractivity contribution >= 4 is 11.6 Å². The van der Waals surface area contributed by atoms with E-state index < -0.39 is 10.8 Å². The van der Waals surface area contributed by atoms with E-state index in [4.69, 9.17) is 0 Å². The first kappa shape index (κ1) is 16.6. The Balaban J connectivity index is 2.26. The number of carbonyl (C=O) groups excluding carboxylic acids is 2. The molecule has 2 aliphatic carbocycles. The van der Waals surface area contributed by atoms with Crippen LogP contribution in [0.15, 0.2) is 17.8 Å². The van der Waals surface area contributed by atoms with Gasteiger partial charge in [-0.25, -0.2) is 0 Å². The topological polar surface area (TPSA) is 75.8 Å². The van der Waals surface area contributed by atoms with Crippen LogP contribution in [0.3, 0.4) is 0 Å². The van der Waals surface area contributed by atoms with Gasteiger partial charge < -0.3 is 0 Å². The van der Waals surface area contributed by atoms with Gasteiger partial charge in [-0.1, -0.05) is 13.8 Å². The molecule has 0 amide bonds. The number of hydrogen-bond donors (Lipinski definition) is 0. The Morgan fingerprint density at radius 2 is 1.88 bits per heavy atom. The maximum atomic E-state index is 13.3. The van der Waals surface area contributed by atoms with Gasteiger partial charge in [-0.05, 0) is 46.1 Å². The highest BCUT2D eigenvalue weighted by Crippen LogP contribution is 2.53. The van der Waals surface area contributed by atoms with Crippen LogP contribution < -0.4 is 0 Å². The molecule has 0 fully saturated rings. The number of carbonyl (C=O) groups is 2. The molecule has 0 aromatic carbocycles. The van der Waals surface area contributed by atoms with Crippen molar-refractivity contribution in [2.45, 2.75) is 53.5 Å². The minimum absolute atomic E-state index is 0.0439. The molecular formula is C19H23N3O2. The molecular weight excluding hydrogens is 302 g/mol. The normalized spacial score (nSPS) is 28.7. The number of aromatic nitrogens is 2. The van der Waals surface area contributed by atoms with Crippen LogP contribution in [-0.4, -0.2) is 21.3 Å². The summed E-state index contributed by atoms with van der Waals surface area (Å²) in [6.45, 7) is 11.7. The van der Waals surface area contributed by atoms with Gasteiger partial charge in [0.25, 0.3) is 0 Å². The molecule has 5 nitrogen and oxygen atoms in total. The molecule has 1 aromatic heterocycles. The zero-order chi connectivity index (χ0) is 18.1. The molecule has 0 bridgehead atoms. The number of hydrogen-bond acceptors (Lipinski definition) is 4. The van der Waals surface area contributed by atoms with Crippen LogP contribution in [0.25, 0.3) is 0 Å². The SMILES string of the molecule is CC1(C)C(=O)C(C#N)=C[C@]2(C)C(=O)c3cnn(C(C)(C)C)c3C[C@@H]12. The summed E-state index contributed by atoms with van der Waals surface area (Å²) < 4.78 is 1.89. The summed E-state index contributed by atoms with van der Waals surface area (Å²) in [6.07, 6.45) is 3.82. The average Bonchev–Trinajstić information content (AvgIpc) is 2.90. The molecule has 1 heterocycles. The summed E-state index contributed by atoms with van der Waals surface area (Å²) in [4.78, 5) is 25.9. The van der Waals surface area contributed by atoms with Crippen LogP contribution in [-0.2, 0) is 16.8 Å². The van der Waals surface area contributed by atoms with Gasteiger partial charge in [0.2, 0.25) is 0 Å². The van der Waals surface area contributed by atoms with Crippen LogP contribution >= 0.6 is 0 Å². The lowest BCUT2D eigenvalue weighted by molar-refractivity contribution is -0.128. The second-order valence-corrected chi connectivity index (χ2v) is 8.68. The minimum Gasteiger partial charge on any atom is -0.293 e. The van der Waals surface area contributed by atoms with Gasteiger partial charge in [-0.2, -0.15) is 10.4 Å². The second-order valence-electron chi connectivity index (χ2n) is 8.68. The number of Topliss-reactive ketones (excluding diaryl/α,β-unsaturated/α-hetero) is 2. The lowest BCUT2D eigenvalue weighted by Crippen LogP contribution is -2.53. The minimum atomic E-state index is -0.846. The molecule has 0 saturated heterocycles. The van der Waals surface area contributed by atoms with Crippen molar-refractivity contribution in [3.05, 3.63) is 29.1 Å². The Bertz CT molecular complexity index is 830. The van der Waals surface area contributed by atoms with Crippen LogP contribution in [0, 0.1) is 28.1 Å². The van der Waals surface area contributed by atoms with Crippen LogP contribution in [0.2, 0.25) is 0 Å². The van der Waals surface area contributed by atoms with Gasteiger partial charge in [0, 0.05) is 5.41 Å². The number of nitrogens with zero attached hydrogens (tertiary/aromatic N) is 3. The van der Waals surface area contributed by atoms with Crippen LogP contribution in [0.1, 0.15) is 57.6 Å². The van der Waals surface area contributed by atoms with E-state index in [0.29, 0.717) is 12.0 Å². The highest BCUT2D eigenvalue weighted by molar-refractivity contribution is 6.10. The Morgan fingerprint density at radius 3 is 2.42 bits per heavy atom. The molecule has 126 valence electrons. The third-order valence-corrected chi connectivity index (χ3v) is 5.63. The molecule has 5 heteroatoms. The monoisotopic (exact) mass is 325 g/mol. The van der Waals surface area contributed by atoms with Gasteiger partial charge in [0.05, 0.1) is 34.0 Å². The smallest absolute Gasteiger partial charge is 0.178 e. The van der Waals surface area contributed by atoms with Gasteiger partial charge in [-0.15, -0.1) is 0 Å². The van der Waals surface area contributed by atoms with Gasteiger partial charge in [0.1, 0.15) is 6.07 Å². The summed E-state index contributed by atoms with van der Waals surface area (Å²) in [6, 6.07) is 1.98. The first-order valence-corrected chi connectivity index (χ1v) is 8.24. The van der Waals surface area contributed by atoms with Crippen molar-refractivity contribution in [3.8, 4) is 6.07 Å². The molecule has 2 aliphatic rings. The molecule has 0 unspecified atom stereocenters. The molecule has 1 aromatic rings. The highest BCUT2D eigenvalue weighted by Gasteiger charge is 2.57. The number of allylic oxidation sites excluding steroid dienone is 2. The Kier molecular flexibility index (Phi) is 3.23.